The van der Waals surface area contributed by atoms with Crippen LogP contribution in [0.4, 0.5) is 0 Å². The number of halogens is 1. The Morgan fingerprint density at radius 2 is 2.31 bits per heavy atom. The zero-order valence-corrected chi connectivity index (χ0v) is 10.6. The summed E-state index contributed by atoms with van der Waals surface area (Å²) < 4.78 is 3.00. The van der Waals surface area contributed by atoms with E-state index in [4.69, 9.17) is 0 Å². The Hall–Kier alpha value is -0.910. The van der Waals surface area contributed by atoms with Crippen molar-refractivity contribution in [3.8, 4) is 0 Å². The van der Waals surface area contributed by atoms with E-state index in [9.17, 15) is 4.79 Å². The van der Waals surface area contributed by atoms with E-state index in [2.05, 4.69) is 27.6 Å². The van der Waals surface area contributed by atoms with E-state index in [-0.39, 0.29) is 5.56 Å². The van der Waals surface area contributed by atoms with Crippen LogP contribution in [0.15, 0.2) is 23.0 Å². The number of aromatic nitrogens is 2. The van der Waals surface area contributed by atoms with Gasteiger partial charge in [0.05, 0.1) is 10.9 Å². The molecule has 1 aliphatic carbocycles. The van der Waals surface area contributed by atoms with E-state index in [0.717, 1.165) is 26.8 Å². The van der Waals surface area contributed by atoms with Crippen molar-refractivity contribution in [2.45, 2.75) is 18.9 Å². The molecular weight excluding hydrogens is 315 g/mol. The molecule has 1 aromatic heterocycles. The first-order valence-electron chi connectivity index (χ1n) is 5.44. The summed E-state index contributed by atoms with van der Waals surface area (Å²) in [6.07, 6.45) is 1.22. The molecule has 0 radical (unpaired) electrons. The van der Waals surface area contributed by atoms with Crippen LogP contribution < -0.4 is 5.56 Å². The molecule has 1 aromatic carbocycles. The van der Waals surface area contributed by atoms with Crippen molar-refractivity contribution in [1.82, 2.24) is 9.55 Å². The molecule has 16 heavy (non-hydrogen) atoms. The molecule has 0 spiro atoms. The van der Waals surface area contributed by atoms with E-state index in [1.165, 1.54) is 6.42 Å². The minimum absolute atomic E-state index is 0.142. The number of benzene rings is 1. The Morgan fingerprint density at radius 1 is 1.44 bits per heavy atom. The van der Waals surface area contributed by atoms with Crippen LogP contribution in [0.25, 0.3) is 10.9 Å². The fourth-order valence-corrected chi connectivity index (χ4v) is 3.15. The summed E-state index contributed by atoms with van der Waals surface area (Å²) in [7, 11) is 0. The van der Waals surface area contributed by atoms with Crippen LogP contribution in [0.5, 0.6) is 0 Å². The second-order valence-electron chi connectivity index (χ2n) is 4.65. The lowest BCUT2D eigenvalue weighted by Gasteiger charge is -2.07. The summed E-state index contributed by atoms with van der Waals surface area (Å²) in [5.74, 6) is 2.27. The molecule has 1 fully saturated rings. The summed E-state index contributed by atoms with van der Waals surface area (Å²) in [5, 5.41) is 0.755. The zero-order valence-electron chi connectivity index (χ0n) is 8.48. The smallest absolute Gasteiger partial charge is 0.261 e. The van der Waals surface area contributed by atoms with Gasteiger partial charge in [0.1, 0.15) is 5.82 Å². The van der Waals surface area contributed by atoms with Crippen molar-refractivity contribution in [1.29, 1.82) is 0 Å². The third kappa shape index (κ3) is 1.08. The molecule has 3 nitrogen and oxygen atoms in total. The average molecular weight is 324 g/mol. The number of fused-ring (bicyclic) bond motifs is 4. The van der Waals surface area contributed by atoms with Gasteiger partial charge in [-0.2, -0.15) is 0 Å². The van der Waals surface area contributed by atoms with Gasteiger partial charge in [-0.05, 0) is 53.1 Å². The van der Waals surface area contributed by atoms with E-state index >= 15 is 0 Å². The highest BCUT2D eigenvalue weighted by molar-refractivity contribution is 14.1. The molecule has 0 saturated heterocycles. The predicted molar refractivity (Wildman–Crippen MR) is 69.6 cm³/mol. The fourth-order valence-electron chi connectivity index (χ4n) is 2.67. The second kappa shape index (κ2) is 2.85. The molecule has 2 unspecified atom stereocenters. The molecule has 2 atom stereocenters. The molecule has 2 heterocycles. The largest absolute Gasteiger partial charge is 0.296 e. The molecule has 0 amide bonds. The molecule has 1 saturated carbocycles. The van der Waals surface area contributed by atoms with Gasteiger partial charge in [0.2, 0.25) is 0 Å². The van der Waals surface area contributed by atoms with E-state index in [1.54, 1.807) is 0 Å². The Labute approximate surface area is 106 Å². The predicted octanol–water partition coefficient (Wildman–Crippen LogP) is 2.12. The van der Waals surface area contributed by atoms with E-state index in [0.29, 0.717) is 11.8 Å². The molecule has 4 heteroatoms. The molecule has 2 aliphatic rings. The fraction of sp³-hybridized carbons (Fsp3) is 0.333. The first-order chi connectivity index (χ1) is 7.74. The molecule has 2 aromatic rings. The first-order valence-corrected chi connectivity index (χ1v) is 6.52. The van der Waals surface area contributed by atoms with Gasteiger partial charge in [-0.25, -0.2) is 4.98 Å². The first kappa shape index (κ1) is 9.15. The van der Waals surface area contributed by atoms with Crippen molar-refractivity contribution in [3.05, 3.63) is 37.9 Å². The van der Waals surface area contributed by atoms with Gasteiger partial charge in [-0.3, -0.25) is 9.36 Å². The SMILES string of the molecule is O=c1c2ccc(I)cc2nc2n1CC1CC21. The standard InChI is InChI=1S/C12H9IN2O/c13-7-1-2-8-10(4-7)14-11-9-3-6(9)5-15(11)12(8)16/h1-2,4,6,9H,3,5H2. The van der Waals surface area contributed by atoms with Crippen LogP contribution >= 0.6 is 22.6 Å². The number of hydrogen-bond acceptors (Lipinski definition) is 2. The maximum Gasteiger partial charge on any atom is 0.261 e. The lowest BCUT2D eigenvalue weighted by atomic mass is 10.2. The van der Waals surface area contributed by atoms with Crippen LogP contribution in [0.2, 0.25) is 0 Å². The van der Waals surface area contributed by atoms with Crippen molar-refractivity contribution in [2.24, 2.45) is 5.92 Å². The van der Waals surface area contributed by atoms with Crippen molar-refractivity contribution >= 4 is 33.5 Å². The summed E-state index contributed by atoms with van der Waals surface area (Å²) in [4.78, 5) is 16.9. The van der Waals surface area contributed by atoms with Crippen LogP contribution in [-0.4, -0.2) is 9.55 Å². The highest BCUT2D eigenvalue weighted by atomic mass is 127. The monoisotopic (exact) mass is 324 g/mol. The maximum absolute atomic E-state index is 12.2. The van der Waals surface area contributed by atoms with Crippen LogP contribution in [-0.2, 0) is 6.54 Å². The quantitative estimate of drug-likeness (QED) is 0.696. The summed E-state index contributed by atoms with van der Waals surface area (Å²) in [5.41, 5.74) is 0.999. The van der Waals surface area contributed by atoms with Gasteiger partial charge in [-0.1, -0.05) is 0 Å². The molecular formula is C12H9IN2O. The maximum atomic E-state index is 12.2. The van der Waals surface area contributed by atoms with Crippen molar-refractivity contribution in [2.75, 3.05) is 0 Å². The Kier molecular flexibility index (Phi) is 1.63. The summed E-state index contributed by atoms with van der Waals surface area (Å²) in [6.45, 7) is 0.883. The van der Waals surface area contributed by atoms with Crippen LogP contribution in [0.1, 0.15) is 18.2 Å². The van der Waals surface area contributed by atoms with Gasteiger partial charge in [0.25, 0.3) is 5.56 Å². The Morgan fingerprint density at radius 3 is 3.19 bits per heavy atom. The molecule has 0 N–H and O–H groups in total. The topological polar surface area (TPSA) is 34.9 Å². The third-order valence-electron chi connectivity index (χ3n) is 3.62. The zero-order chi connectivity index (χ0) is 10.9. The molecule has 80 valence electrons. The van der Waals surface area contributed by atoms with E-state index < -0.39 is 0 Å². The Balaban J connectivity index is 2.14. The number of hydrogen-bond donors (Lipinski definition) is 0. The number of rotatable bonds is 0. The van der Waals surface area contributed by atoms with Crippen LogP contribution in [0.3, 0.4) is 0 Å². The average Bonchev–Trinajstić information content (AvgIpc) is 2.94. The number of nitrogens with zero attached hydrogens (tertiary/aromatic N) is 2. The minimum atomic E-state index is 0.142. The lowest BCUT2D eigenvalue weighted by molar-refractivity contribution is 0.642. The van der Waals surface area contributed by atoms with Crippen LogP contribution in [0, 0.1) is 9.49 Å². The highest BCUT2D eigenvalue weighted by Gasteiger charge is 2.47. The normalized spacial score (nSPS) is 25.6. The minimum Gasteiger partial charge on any atom is -0.296 e. The van der Waals surface area contributed by atoms with Crippen molar-refractivity contribution < 1.29 is 0 Å². The Bertz CT molecular complexity index is 677. The van der Waals surface area contributed by atoms with Gasteiger partial charge in [0.15, 0.2) is 0 Å². The molecule has 1 aliphatic heterocycles. The second-order valence-corrected chi connectivity index (χ2v) is 5.90. The van der Waals surface area contributed by atoms with Gasteiger partial charge in [0, 0.05) is 16.0 Å². The summed E-state index contributed by atoms with van der Waals surface area (Å²) >= 11 is 2.25. The molecule has 4 rings (SSSR count). The van der Waals surface area contributed by atoms with Gasteiger partial charge in [-0.15, -0.1) is 0 Å². The van der Waals surface area contributed by atoms with Gasteiger partial charge < -0.3 is 0 Å². The third-order valence-corrected chi connectivity index (χ3v) is 4.29. The lowest BCUT2D eigenvalue weighted by Crippen LogP contribution is -2.22. The van der Waals surface area contributed by atoms with E-state index in [1.807, 2.05) is 22.8 Å². The summed E-state index contributed by atoms with van der Waals surface area (Å²) in [6, 6.07) is 5.85. The van der Waals surface area contributed by atoms with Crippen molar-refractivity contribution in [3.63, 3.8) is 0 Å². The molecule has 0 bridgehead atoms. The highest BCUT2D eigenvalue weighted by Crippen LogP contribution is 2.52. The van der Waals surface area contributed by atoms with Gasteiger partial charge >= 0.3 is 0 Å².